The highest BCUT2D eigenvalue weighted by molar-refractivity contribution is 6.95. The predicted octanol–water partition coefficient (Wildman–Crippen LogP) is 4.86. The Morgan fingerprint density at radius 1 is 0.882 bits per heavy atom. The molecule has 0 saturated heterocycles. The third kappa shape index (κ3) is 1.29. The molecule has 0 aromatic heterocycles. The molecule has 0 aromatic carbocycles. The van der Waals surface area contributed by atoms with Gasteiger partial charge < -0.3 is 0 Å². The molecule has 0 atom stereocenters. The third-order valence-electron chi connectivity index (χ3n) is 4.95. The van der Waals surface area contributed by atoms with Crippen molar-refractivity contribution in [3.05, 3.63) is 44.8 Å². The monoisotopic (exact) mass is 242 g/mol. The minimum Gasteiger partial charge on any atom is -0.0690 e. The van der Waals surface area contributed by atoms with Crippen molar-refractivity contribution < 1.29 is 0 Å². The van der Waals surface area contributed by atoms with Crippen LogP contribution >= 0.6 is 0 Å². The van der Waals surface area contributed by atoms with E-state index >= 15 is 0 Å². The van der Waals surface area contributed by atoms with Crippen molar-refractivity contribution >= 4 is 8.07 Å². The molecule has 0 nitrogen and oxygen atoms in total. The van der Waals surface area contributed by atoms with Crippen LogP contribution in [0.15, 0.2) is 44.8 Å². The Kier molecular flexibility index (Phi) is 2.38. The van der Waals surface area contributed by atoms with E-state index in [1.54, 1.807) is 32.7 Å². The number of hydrogen-bond donors (Lipinski definition) is 0. The van der Waals surface area contributed by atoms with Gasteiger partial charge in [0.25, 0.3) is 0 Å². The maximum absolute atomic E-state index is 2.54. The van der Waals surface area contributed by atoms with Crippen LogP contribution in [-0.2, 0) is 0 Å². The van der Waals surface area contributed by atoms with E-state index in [1.807, 2.05) is 0 Å². The second-order valence-corrected chi connectivity index (χ2v) is 10.6. The lowest BCUT2D eigenvalue weighted by Gasteiger charge is -2.28. The van der Waals surface area contributed by atoms with Crippen LogP contribution in [0.5, 0.6) is 0 Å². The molecule has 0 fully saturated rings. The largest absolute Gasteiger partial charge is 0.118 e. The van der Waals surface area contributed by atoms with Gasteiger partial charge in [-0.25, -0.2) is 0 Å². The van der Waals surface area contributed by atoms with Gasteiger partial charge in [0, 0.05) is 0 Å². The topological polar surface area (TPSA) is 0 Å². The van der Waals surface area contributed by atoms with Crippen LogP contribution in [0.2, 0.25) is 12.1 Å². The summed E-state index contributed by atoms with van der Waals surface area (Å²) in [5, 5.41) is 3.60. The summed E-state index contributed by atoms with van der Waals surface area (Å²) in [5.41, 5.74) is 6.65. The van der Waals surface area contributed by atoms with E-state index in [4.69, 9.17) is 0 Å². The molecule has 0 bridgehead atoms. The van der Waals surface area contributed by atoms with Crippen molar-refractivity contribution in [1.29, 1.82) is 0 Å². The highest BCUT2D eigenvalue weighted by Gasteiger charge is 2.47. The van der Waals surface area contributed by atoms with Gasteiger partial charge in [-0.2, -0.15) is 0 Å². The summed E-state index contributed by atoms with van der Waals surface area (Å²) >= 11 is 0. The van der Waals surface area contributed by atoms with Crippen molar-refractivity contribution in [3.8, 4) is 0 Å². The van der Waals surface area contributed by atoms with Crippen molar-refractivity contribution in [3.63, 3.8) is 0 Å². The normalized spacial score (nSPS) is 25.2. The second-order valence-electron chi connectivity index (χ2n) is 5.91. The molecule has 0 aromatic rings. The van der Waals surface area contributed by atoms with Crippen LogP contribution in [0, 0.1) is 0 Å². The van der Waals surface area contributed by atoms with Gasteiger partial charge in [0.2, 0.25) is 0 Å². The molecule has 0 saturated carbocycles. The van der Waals surface area contributed by atoms with Crippen LogP contribution in [0.4, 0.5) is 0 Å². The van der Waals surface area contributed by atoms with E-state index < -0.39 is 8.07 Å². The predicted molar refractivity (Wildman–Crippen MR) is 77.5 cm³/mol. The molecule has 2 aliphatic carbocycles. The van der Waals surface area contributed by atoms with E-state index in [1.165, 1.54) is 24.9 Å². The summed E-state index contributed by atoms with van der Waals surface area (Å²) in [4.78, 5) is 0. The molecule has 3 rings (SSSR count). The highest BCUT2D eigenvalue weighted by atomic mass is 28.3. The van der Waals surface area contributed by atoms with E-state index in [0.29, 0.717) is 0 Å². The Labute approximate surface area is 106 Å². The average Bonchev–Trinajstić information content (AvgIpc) is 2.90. The fraction of sp³-hybridized carbons (Fsp3) is 0.500. The maximum atomic E-state index is 2.54. The summed E-state index contributed by atoms with van der Waals surface area (Å²) in [6.45, 7) is 9.44. The molecule has 0 N–H and O–H groups in total. The lowest BCUT2D eigenvalue weighted by molar-refractivity contribution is 1.09. The van der Waals surface area contributed by atoms with E-state index in [0.717, 1.165) is 0 Å². The number of hydrogen-bond acceptors (Lipinski definition) is 0. The van der Waals surface area contributed by atoms with Crippen LogP contribution in [0.1, 0.15) is 40.5 Å². The Hall–Kier alpha value is -0.823. The quantitative estimate of drug-likeness (QED) is 0.607. The smallest absolute Gasteiger partial charge is 0.0690 e. The number of fused-ring (bicyclic) bond motifs is 1. The van der Waals surface area contributed by atoms with Gasteiger partial charge in [0.15, 0.2) is 0 Å². The van der Waals surface area contributed by atoms with Gasteiger partial charge in [0.05, 0.1) is 0 Å². The van der Waals surface area contributed by atoms with Gasteiger partial charge in [-0.05, 0) is 37.8 Å². The van der Waals surface area contributed by atoms with Crippen LogP contribution in [-0.4, -0.2) is 8.07 Å². The minimum absolute atomic E-state index is 1.24. The van der Waals surface area contributed by atoms with Gasteiger partial charge >= 0.3 is 0 Å². The molecule has 1 heterocycles. The Morgan fingerprint density at radius 2 is 1.29 bits per heavy atom. The number of allylic oxidation sites excluding steroid dienone is 8. The zero-order chi connectivity index (χ0) is 12.2. The molecule has 1 heteroatoms. The first-order valence-electron chi connectivity index (χ1n) is 6.94. The van der Waals surface area contributed by atoms with Gasteiger partial charge in [0.1, 0.15) is 8.07 Å². The average molecular weight is 242 g/mol. The second kappa shape index (κ2) is 3.58. The molecular formula is C16H22Si. The van der Waals surface area contributed by atoms with Crippen LogP contribution in [0.25, 0.3) is 0 Å². The molecule has 17 heavy (non-hydrogen) atoms. The number of rotatable bonds is 2. The molecular weight excluding hydrogens is 220 g/mol. The lowest BCUT2D eigenvalue weighted by atomic mass is 10.0. The highest BCUT2D eigenvalue weighted by Crippen LogP contribution is 2.53. The molecule has 0 radical (unpaired) electrons. The van der Waals surface area contributed by atoms with Gasteiger partial charge in [-0.15, -0.1) is 0 Å². The van der Waals surface area contributed by atoms with Crippen LogP contribution < -0.4 is 0 Å². The molecule has 0 spiro atoms. The van der Waals surface area contributed by atoms with Gasteiger partial charge in [-0.3, -0.25) is 0 Å². The SMILES string of the molecule is CC[Si]1(CC)C2=C(CC(C)=C2)C2=C1C=C(C)C2. The maximum Gasteiger partial charge on any atom is 0.118 e. The zero-order valence-electron chi connectivity index (χ0n) is 11.5. The third-order valence-corrected chi connectivity index (χ3v) is 10.3. The minimum atomic E-state index is -1.32. The van der Waals surface area contributed by atoms with Crippen molar-refractivity contribution in [1.82, 2.24) is 0 Å². The fourth-order valence-electron chi connectivity index (χ4n) is 4.07. The summed E-state index contributed by atoms with van der Waals surface area (Å²) in [6.07, 6.45) is 7.56. The summed E-state index contributed by atoms with van der Waals surface area (Å²) < 4.78 is 0. The fourth-order valence-corrected chi connectivity index (χ4v) is 9.06. The van der Waals surface area contributed by atoms with E-state index in [2.05, 4.69) is 39.8 Å². The Bertz CT molecular complexity index is 464. The molecule has 90 valence electrons. The van der Waals surface area contributed by atoms with E-state index in [9.17, 15) is 0 Å². The standard InChI is InChI=1S/C16H22Si/c1-5-17(6-2)15-9-11(3)7-13(15)14-8-12(4)10-16(14)17/h9-10H,5-8H2,1-4H3. The molecule has 1 aliphatic heterocycles. The summed E-state index contributed by atoms with van der Waals surface area (Å²) in [7, 11) is -1.32. The first-order chi connectivity index (χ1) is 8.12. The molecule has 3 aliphatic rings. The first kappa shape index (κ1) is 11.3. The van der Waals surface area contributed by atoms with Crippen molar-refractivity contribution in [2.75, 3.05) is 0 Å². The molecule has 0 unspecified atom stereocenters. The van der Waals surface area contributed by atoms with Crippen molar-refractivity contribution in [2.24, 2.45) is 0 Å². The van der Waals surface area contributed by atoms with Crippen molar-refractivity contribution in [2.45, 2.75) is 52.6 Å². The lowest BCUT2D eigenvalue weighted by Crippen LogP contribution is -2.35. The van der Waals surface area contributed by atoms with Gasteiger partial charge in [-0.1, -0.05) is 59.6 Å². The zero-order valence-corrected chi connectivity index (χ0v) is 12.5. The summed E-state index contributed by atoms with van der Waals surface area (Å²) in [5.74, 6) is 0. The Morgan fingerprint density at radius 3 is 1.65 bits per heavy atom. The van der Waals surface area contributed by atoms with E-state index in [-0.39, 0.29) is 0 Å². The van der Waals surface area contributed by atoms with Crippen LogP contribution in [0.3, 0.4) is 0 Å². The summed E-state index contributed by atoms with van der Waals surface area (Å²) in [6, 6.07) is 2.77. The molecule has 0 amide bonds. The Balaban J connectivity index is 2.16. The first-order valence-corrected chi connectivity index (χ1v) is 9.35.